The summed E-state index contributed by atoms with van der Waals surface area (Å²) in [5.74, 6) is -0.869. The van der Waals surface area contributed by atoms with Crippen LogP contribution in [0.1, 0.15) is 45.1 Å². The van der Waals surface area contributed by atoms with Gasteiger partial charge in [-0.05, 0) is 36.5 Å². The van der Waals surface area contributed by atoms with Crippen LogP contribution in [0.2, 0.25) is 0 Å². The molecular formula is C20H23NO4. The van der Waals surface area contributed by atoms with Gasteiger partial charge in [0.15, 0.2) is 5.78 Å². The number of ketones is 1. The van der Waals surface area contributed by atoms with E-state index in [1.807, 2.05) is 13.0 Å². The summed E-state index contributed by atoms with van der Waals surface area (Å²) in [6.45, 7) is 5.95. The molecular weight excluding hydrogens is 318 g/mol. The van der Waals surface area contributed by atoms with Gasteiger partial charge in [-0.3, -0.25) is 4.79 Å². The molecule has 1 aliphatic carbocycles. The molecule has 1 heterocycles. The zero-order valence-corrected chi connectivity index (χ0v) is 15.0. The number of carbonyl (C=O) groups is 2. The number of carbonyl (C=O) groups excluding carboxylic acids is 2. The summed E-state index contributed by atoms with van der Waals surface area (Å²) < 4.78 is 4.96. The van der Waals surface area contributed by atoms with E-state index < -0.39 is 11.9 Å². The van der Waals surface area contributed by atoms with E-state index in [0.29, 0.717) is 28.8 Å². The zero-order chi connectivity index (χ0) is 18.4. The molecule has 0 saturated heterocycles. The Balaban J connectivity index is 2.21. The number of Topliss-reactive ketones (excluding diaryl/α,β-unsaturated/α-hetero) is 1. The number of phenolic OH excluding ortho intramolecular Hbond substituents is 1. The lowest BCUT2D eigenvalue weighted by atomic mass is 9.68. The molecule has 3 rings (SSSR count). The summed E-state index contributed by atoms with van der Waals surface area (Å²) in [4.78, 5) is 25.4. The maximum absolute atomic E-state index is 12.9. The summed E-state index contributed by atoms with van der Waals surface area (Å²) in [7, 11) is 1.33. The van der Waals surface area contributed by atoms with E-state index in [1.54, 1.807) is 18.2 Å². The fourth-order valence-corrected chi connectivity index (χ4v) is 3.85. The minimum Gasteiger partial charge on any atom is -0.508 e. The molecule has 1 aromatic rings. The van der Waals surface area contributed by atoms with Crippen molar-refractivity contribution in [2.45, 2.75) is 39.5 Å². The molecule has 5 nitrogen and oxygen atoms in total. The monoisotopic (exact) mass is 341 g/mol. The fraction of sp³-hybridized carbons (Fsp3) is 0.400. The zero-order valence-electron chi connectivity index (χ0n) is 15.0. The first-order valence-electron chi connectivity index (χ1n) is 8.35. The highest BCUT2D eigenvalue weighted by Crippen LogP contribution is 2.47. The number of aromatic hydroxyl groups is 1. The first kappa shape index (κ1) is 17.3. The van der Waals surface area contributed by atoms with Crippen molar-refractivity contribution in [3.8, 4) is 5.75 Å². The third kappa shape index (κ3) is 3.06. The Morgan fingerprint density at radius 1 is 1.32 bits per heavy atom. The summed E-state index contributed by atoms with van der Waals surface area (Å²) >= 11 is 0. The molecule has 0 amide bonds. The molecule has 1 aliphatic heterocycles. The number of allylic oxidation sites excluding steroid dienone is 3. The van der Waals surface area contributed by atoms with Crippen molar-refractivity contribution in [2.75, 3.05) is 7.11 Å². The number of benzene rings is 1. The van der Waals surface area contributed by atoms with E-state index in [-0.39, 0.29) is 16.9 Å². The number of rotatable bonds is 2. The second-order valence-corrected chi connectivity index (χ2v) is 7.52. The number of methoxy groups -OCH3 is 1. The van der Waals surface area contributed by atoms with E-state index in [1.165, 1.54) is 7.11 Å². The van der Waals surface area contributed by atoms with Gasteiger partial charge in [0, 0.05) is 29.3 Å². The smallest absolute Gasteiger partial charge is 0.336 e. The molecule has 132 valence electrons. The number of hydrogen-bond acceptors (Lipinski definition) is 5. The van der Waals surface area contributed by atoms with Crippen LogP contribution >= 0.6 is 0 Å². The predicted molar refractivity (Wildman–Crippen MR) is 93.7 cm³/mol. The Bertz CT molecular complexity index is 817. The number of esters is 1. The molecule has 0 spiro atoms. The van der Waals surface area contributed by atoms with Crippen molar-refractivity contribution < 1.29 is 19.4 Å². The van der Waals surface area contributed by atoms with Gasteiger partial charge in [-0.1, -0.05) is 26.0 Å². The lowest BCUT2D eigenvalue weighted by Crippen LogP contribution is -2.38. The Morgan fingerprint density at radius 2 is 2.04 bits per heavy atom. The molecule has 0 saturated carbocycles. The predicted octanol–water partition coefficient (Wildman–Crippen LogP) is 3.17. The van der Waals surface area contributed by atoms with E-state index in [2.05, 4.69) is 19.2 Å². The van der Waals surface area contributed by atoms with Crippen molar-refractivity contribution in [3.05, 3.63) is 52.4 Å². The number of phenols is 1. The second kappa shape index (κ2) is 6.06. The largest absolute Gasteiger partial charge is 0.508 e. The quantitative estimate of drug-likeness (QED) is 0.808. The maximum atomic E-state index is 12.9. The summed E-state index contributed by atoms with van der Waals surface area (Å²) in [5, 5.41) is 13.1. The lowest BCUT2D eigenvalue weighted by Gasteiger charge is -2.39. The van der Waals surface area contributed by atoms with Gasteiger partial charge in [-0.15, -0.1) is 0 Å². The molecule has 0 radical (unpaired) electrons. The van der Waals surface area contributed by atoms with Gasteiger partial charge in [0.2, 0.25) is 0 Å². The Kier molecular flexibility index (Phi) is 4.19. The molecule has 2 aliphatic rings. The van der Waals surface area contributed by atoms with Gasteiger partial charge >= 0.3 is 5.97 Å². The topological polar surface area (TPSA) is 75.6 Å². The molecule has 0 fully saturated rings. The van der Waals surface area contributed by atoms with Crippen molar-refractivity contribution in [1.29, 1.82) is 0 Å². The molecule has 25 heavy (non-hydrogen) atoms. The van der Waals surface area contributed by atoms with Crippen LogP contribution in [-0.4, -0.2) is 24.0 Å². The number of nitrogens with one attached hydrogen (secondary N) is 1. The fourth-order valence-electron chi connectivity index (χ4n) is 3.85. The van der Waals surface area contributed by atoms with Gasteiger partial charge in [0.25, 0.3) is 0 Å². The van der Waals surface area contributed by atoms with E-state index in [4.69, 9.17) is 4.74 Å². The molecule has 0 bridgehead atoms. The van der Waals surface area contributed by atoms with Crippen molar-refractivity contribution in [1.82, 2.24) is 5.32 Å². The highest BCUT2D eigenvalue weighted by atomic mass is 16.5. The van der Waals surface area contributed by atoms with Crippen LogP contribution in [0.4, 0.5) is 0 Å². The number of hydrogen-bond donors (Lipinski definition) is 2. The lowest BCUT2D eigenvalue weighted by molar-refractivity contribution is -0.136. The average molecular weight is 341 g/mol. The second-order valence-electron chi connectivity index (χ2n) is 7.52. The average Bonchev–Trinajstić information content (AvgIpc) is 2.51. The van der Waals surface area contributed by atoms with Gasteiger partial charge in [-0.25, -0.2) is 4.79 Å². The van der Waals surface area contributed by atoms with Crippen LogP contribution in [0.3, 0.4) is 0 Å². The highest BCUT2D eigenvalue weighted by molar-refractivity contribution is 6.04. The molecule has 1 atom stereocenters. The van der Waals surface area contributed by atoms with Crippen LogP contribution in [0.25, 0.3) is 0 Å². The Hall–Kier alpha value is -2.56. The summed E-state index contributed by atoms with van der Waals surface area (Å²) in [6, 6.07) is 6.71. The van der Waals surface area contributed by atoms with Crippen LogP contribution in [0, 0.1) is 5.41 Å². The third-order valence-corrected chi connectivity index (χ3v) is 4.85. The van der Waals surface area contributed by atoms with Crippen molar-refractivity contribution >= 4 is 11.8 Å². The normalized spacial score (nSPS) is 22.4. The van der Waals surface area contributed by atoms with Crippen LogP contribution in [-0.2, 0) is 14.3 Å². The molecule has 0 unspecified atom stereocenters. The Morgan fingerprint density at radius 3 is 2.68 bits per heavy atom. The van der Waals surface area contributed by atoms with E-state index in [9.17, 15) is 14.7 Å². The minimum absolute atomic E-state index is 0.0287. The SMILES string of the molecule is COC(=O)C1=C(C)NC2=C(C(=O)CC(C)(C)C2)[C@@H]1c1cccc(O)c1. The van der Waals surface area contributed by atoms with E-state index >= 15 is 0 Å². The summed E-state index contributed by atoms with van der Waals surface area (Å²) in [5.41, 5.74) is 3.15. The Labute approximate surface area is 147 Å². The van der Waals surface area contributed by atoms with Crippen molar-refractivity contribution in [2.24, 2.45) is 5.41 Å². The first-order valence-corrected chi connectivity index (χ1v) is 8.35. The van der Waals surface area contributed by atoms with Crippen LogP contribution < -0.4 is 5.32 Å². The van der Waals surface area contributed by atoms with E-state index in [0.717, 1.165) is 12.1 Å². The molecule has 1 aromatic carbocycles. The number of ether oxygens (including phenoxy) is 1. The van der Waals surface area contributed by atoms with Gasteiger partial charge in [0.1, 0.15) is 5.75 Å². The minimum atomic E-state index is -0.528. The molecule has 2 N–H and O–H groups in total. The van der Waals surface area contributed by atoms with Gasteiger partial charge < -0.3 is 15.2 Å². The number of dihydropyridines is 1. The first-order chi connectivity index (χ1) is 11.7. The highest BCUT2D eigenvalue weighted by Gasteiger charge is 2.43. The maximum Gasteiger partial charge on any atom is 0.336 e. The molecule has 5 heteroatoms. The standard InChI is InChI=1S/C20H23NO4/c1-11-16(19(24)25-4)17(12-6-5-7-13(22)8-12)18-14(21-11)9-20(2,3)10-15(18)23/h5-8,17,21-22H,9-10H2,1-4H3/t17-/m1/s1. The summed E-state index contributed by atoms with van der Waals surface area (Å²) in [6.07, 6.45) is 1.16. The van der Waals surface area contributed by atoms with Crippen LogP contribution in [0.5, 0.6) is 5.75 Å². The molecule has 0 aromatic heterocycles. The van der Waals surface area contributed by atoms with Gasteiger partial charge in [0.05, 0.1) is 12.7 Å². The van der Waals surface area contributed by atoms with Gasteiger partial charge in [-0.2, -0.15) is 0 Å². The van der Waals surface area contributed by atoms with Crippen molar-refractivity contribution in [3.63, 3.8) is 0 Å². The van der Waals surface area contributed by atoms with Crippen LogP contribution in [0.15, 0.2) is 46.8 Å². The third-order valence-electron chi connectivity index (χ3n) is 4.85.